The monoisotopic (exact) mass is 405 g/mol. The Morgan fingerprint density at radius 1 is 1.15 bits per heavy atom. The molecule has 6 nitrogen and oxygen atoms in total. The Balaban J connectivity index is 1.84. The molecule has 144 valence electrons. The highest BCUT2D eigenvalue weighted by atomic mass is 32.2. The molecule has 1 heterocycles. The van der Waals surface area contributed by atoms with Crippen molar-refractivity contribution in [2.75, 3.05) is 18.6 Å². The zero-order valence-electron chi connectivity index (χ0n) is 15.6. The van der Waals surface area contributed by atoms with Gasteiger partial charge in [-0.15, -0.1) is 0 Å². The largest absolute Gasteiger partial charge is 0.467 e. The molecule has 1 atom stereocenters. The van der Waals surface area contributed by atoms with Crippen molar-refractivity contribution in [3.63, 3.8) is 0 Å². The number of nitrogens with one attached hydrogen (secondary N) is 1. The van der Waals surface area contributed by atoms with Gasteiger partial charge < -0.3 is 10.1 Å². The molecule has 0 fully saturated rings. The third kappa shape index (κ3) is 7.60. The van der Waals surface area contributed by atoms with E-state index in [-0.39, 0.29) is 11.7 Å². The number of methoxy groups -OCH3 is 1. The molecule has 2 rings (SSSR count). The molecule has 0 aliphatic carbocycles. The number of carbonyl (C=O) groups is 2. The molecule has 0 spiro atoms. The molecule has 27 heavy (non-hydrogen) atoms. The lowest BCUT2D eigenvalue weighted by Gasteiger charge is -2.16. The van der Waals surface area contributed by atoms with Gasteiger partial charge in [0.25, 0.3) is 0 Å². The summed E-state index contributed by atoms with van der Waals surface area (Å²) < 4.78 is 4.81. The van der Waals surface area contributed by atoms with Crippen molar-refractivity contribution in [2.24, 2.45) is 0 Å². The van der Waals surface area contributed by atoms with Crippen LogP contribution in [0.2, 0.25) is 0 Å². The molecule has 0 radical (unpaired) electrons. The molecular formula is C19H23N3O3S2. The normalized spacial score (nSPS) is 11.7. The minimum absolute atomic E-state index is 0.139. The highest BCUT2D eigenvalue weighted by Crippen LogP contribution is 2.15. The molecule has 1 amide bonds. The first-order chi connectivity index (χ1) is 13.0. The lowest BCUT2D eigenvalue weighted by Crippen LogP contribution is -2.44. The van der Waals surface area contributed by atoms with Crippen molar-refractivity contribution < 1.29 is 14.3 Å². The highest BCUT2D eigenvalue weighted by molar-refractivity contribution is 7.99. The Morgan fingerprint density at radius 2 is 1.81 bits per heavy atom. The van der Waals surface area contributed by atoms with Crippen LogP contribution in [0.15, 0.2) is 41.6 Å². The van der Waals surface area contributed by atoms with Crippen LogP contribution in [0, 0.1) is 13.8 Å². The summed E-state index contributed by atoms with van der Waals surface area (Å²) in [6.45, 7) is 3.77. The first kappa shape index (κ1) is 21.2. The van der Waals surface area contributed by atoms with Crippen molar-refractivity contribution in [2.45, 2.75) is 30.8 Å². The van der Waals surface area contributed by atoms with Crippen molar-refractivity contribution >= 4 is 35.4 Å². The molecule has 1 aromatic heterocycles. The Bertz CT molecular complexity index is 752. The van der Waals surface area contributed by atoms with E-state index >= 15 is 0 Å². The number of hydrogen-bond acceptors (Lipinski definition) is 7. The molecule has 8 heteroatoms. The molecule has 0 aliphatic heterocycles. The van der Waals surface area contributed by atoms with Gasteiger partial charge in [-0.05, 0) is 25.5 Å². The van der Waals surface area contributed by atoms with Crippen molar-refractivity contribution in [3.05, 3.63) is 53.3 Å². The maximum atomic E-state index is 12.2. The van der Waals surface area contributed by atoms with Gasteiger partial charge in [-0.2, -0.15) is 11.8 Å². The van der Waals surface area contributed by atoms with Crippen molar-refractivity contribution in [1.29, 1.82) is 0 Å². The van der Waals surface area contributed by atoms with Crippen LogP contribution in [0.3, 0.4) is 0 Å². The lowest BCUT2D eigenvalue weighted by molar-refractivity contribution is -0.144. The molecule has 1 aromatic carbocycles. The predicted octanol–water partition coefficient (Wildman–Crippen LogP) is 2.78. The summed E-state index contributed by atoms with van der Waals surface area (Å²) in [7, 11) is 1.32. The van der Waals surface area contributed by atoms with E-state index in [0.29, 0.717) is 10.9 Å². The number of rotatable bonds is 9. The summed E-state index contributed by atoms with van der Waals surface area (Å²) in [6.07, 6.45) is 0. The van der Waals surface area contributed by atoms with E-state index in [1.807, 2.05) is 50.2 Å². The molecule has 0 unspecified atom stereocenters. The Kier molecular flexibility index (Phi) is 8.60. The summed E-state index contributed by atoms with van der Waals surface area (Å²) in [5.41, 5.74) is 2.88. The van der Waals surface area contributed by atoms with Crippen molar-refractivity contribution in [1.82, 2.24) is 15.3 Å². The number of aromatic nitrogens is 2. The van der Waals surface area contributed by atoms with E-state index in [1.165, 1.54) is 24.4 Å². The number of benzene rings is 1. The molecule has 0 saturated heterocycles. The van der Waals surface area contributed by atoms with Gasteiger partial charge >= 0.3 is 5.97 Å². The number of carbonyl (C=O) groups excluding carboxylic acids is 2. The van der Waals surface area contributed by atoms with Gasteiger partial charge in [0, 0.05) is 22.9 Å². The average molecular weight is 406 g/mol. The molecule has 1 N–H and O–H groups in total. The fourth-order valence-electron chi connectivity index (χ4n) is 2.30. The Labute approximate surface area is 167 Å². The molecule has 2 aromatic rings. The third-order valence-corrected chi connectivity index (χ3v) is 5.46. The first-order valence-electron chi connectivity index (χ1n) is 8.42. The Hall–Kier alpha value is -2.06. The smallest absolute Gasteiger partial charge is 0.329 e. The maximum absolute atomic E-state index is 12.2. The van der Waals surface area contributed by atoms with E-state index in [9.17, 15) is 9.59 Å². The number of ether oxygens (including phenoxy) is 1. The van der Waals surface area contributed by atoms with Gasteiger partial charge in [0.2, 0.25) is 5.91 Å². The summed E-state index contributed by atoms with van der Waals surface area (Å²) in [4.78, 5) is 32.8. The summed E-state index contributed by atoms with van der Waals surface area (Å²) in [6, 6.07) is 11.2. The minimum Gasteiger partial charge on any atom is -0.467 e. The van der Waals surface area contributed by atoms with Crippen molar-refractivity contribution in [3.8, 4) is 0 Å². The van der Waals surface area contributed by atoms with Gasteiger partial charge in [0.05, 0.1) is 12.9 Å². The van der Waals surface area contributed by atoms with Gasteiger partial charge in [0.1, 0.15) is 6.04 Å². The average Bonchev–Trinajstić information content (AvgIpc) is 2.65. The number of thioether (sulfide) groups is 2. The van der Waals surface area contributed by atoms with Crippen LogP contribution < -0.4 is 5.32 Å². The molecular weight excluding hydrogens is 382 g/mol. The maximum Gasteiger partial charge on any atom is 0.329 e. The summed E-state index contributed by atoms with van der Waals surface area (Å²) in [5, 5.41) is 3.29. The third-order valence-electron chi connectivity index (χ3n) is 3.51. The van der Waals surface area contributed by atoms with Crippen LogP contribution >= 0.6 is 23.5 Å². The van der Waals surface area contributed by atoms with E-state index < -0.39 is 12.0 Å². The fraction of sp³-hybridized carbons (Fsp3) is 0.368. The second-order valence-electron chi connectivity index (χ2n) is 5.87. The Morgan fingerprint density at radius 3 is 2.44 bits per heavy atom. The van der Waals surface area contributed by atoms with Crippen LogP contribution in [0.5, 0.6) is 0 Å². The quantitative estimate of drug-likeness (QED) is 0.390. The SMILES string of the molecule is COC(=O)[C@H](CSCc1ccccc1)NC(=O)CSc1nc(C)cc(C)n1. The molecule has 0 bridgehead atoms. The molecule has 0 saturated carbocycles. The predicted molar refractivity (Wildman–Crippen MR) is 109 cm³/mol. The zero-order chi connectivity index (χ0) is 19.6. The van der Waals surface area contributed by atoms with Gasteiger partial charge in [0.15, 0.2) is 5.16 Å². The van der Waals surface area contributed by atoms with Crippen LogP contribution in [-0.4, -0.2) is 46.5 Å². The van der Waals surface area contributed by atoms with Gasteiger partial charge in [-0.3, -0.25) is 4.79 Å². The minimum atomic E-state index is -0.683. The standard InChI is InChI=1S/C19H23N3O3S2/c1-13-9-14(2)21-19(20-13)27-12-17(23)22-16(18(24)25-3)11-26-10-15-7-5-4-6-8-15/h4-9,16H,10-12H2,1-3H3,(H,22,23)/t16-/m0/s1. The van der Waals surface area contributed by atoms with E-state index in [4.69, 9.17) is 4.74 Å². The number of amides is 1. The number of hydrogen-bond donors (Lipinski definition) is 1. The van der Waals surface area contributed by atoms with Gasteiger partial charge in [-0.1, -0.05) is 42.1 Å². The lowest BCUT2D eigenvalue weighted by atomic mass is 10.2. The fourth-order valence-corrected chi connectivity index (χ4v) is 4.07. The van der Waals surface area contributed by atoms with E-state index in [1.54, 1.807) is 11.8 Å². The topological polar surface area (TPSA) is 81.2 Å². The van der Waals surface area contributed by atoms with Crippen LogP contribution in [0.1, 0.15) is 17.0 Å². The zero-order valence-corrected chi connectivity index (χ0v) is 17.2. The highest BCUT2D eigenvalue weighted by Gasteiger charge is 2.21. The second-order valence-corrected chi connectivity index (χ2v) is 7.84. The van der Waals surface area contributed by atoms with E-state index in [0.717, 1.165) is 17.1 Å². The van der Waals surface area contributed by atoms with Crippen LogP contribution in [0.25, 0.3) is 0 Å². The van der Waals surface area contributed by atoms with E-state index in [2.05, 4.69) is 15.3 Å². The molecule has 0 aliphatic rings. The summed E-state index contributed by atoms with van der Waals surface area (Å²) in [5.74, 6) is 0.641. The number of nitrogens with zero attached hydrogens (tertiary/aromatic N) is 2. The van der Waals surface area contributed by atoms with Crippen LogP contribution in [0.4, 0.5) is 0 Å². The second kappa shape index (κ2) is 10.9. The summed E-state index contributed by atoms with van der Waals surface area (Å²) >= 11 is 2.82. The number of esters is 1. The first-order valence-corrected chi connectivity index (χ1v) is 10.6. The van der Waals surface area contributed by atoms with Gasteiger partial charge in [-0.25, -0.2) is 14.8 Å². The van der Waals surface area contributed by atoms with Crippen LogP contribution in [-0.2, 0) is 20.1 Å². The number of aryl methyl sites for hydroxylation is 2.